The molecule has 2 aliphatic heterocycles. The van der Waals surface area contributed by atoms with Gasteiger partial charge in [0.2, 0.25) is 17.9 Å². The lowest BCUT2D eigenvalue weighted by Crippen LogP contribution is -2.41. The zero-order chi connectivity index (χ0) is 29.5. The SMILES string of the molecule is Nc1nc(OC(c2ccc(-c3ccc4ncncc4c3)cc2)C(F)(F)F)cc(N2CCC3(CC2)CNC(C(=O)O)C3)n1. The van der Waals surface area contributed by atoms with Crippen LogP contribution in [-0.4, -0.2) is 62.9 Å². The Labute approximate surface area is 238 Å². The third-order valence-corrected chi connectivity index (χ3v) is 8.10. The number of benzene rings is 2. The molecule has 2 atom stereocenters. The standard InChI is InChI=1S/C29H28F3N7O3/c30-29(31,32)25(18-3-1-17(2-4-18)19-5-6-21-20(11-19)14-34-16-36-21)42-24-12-23(37-27(33)38-24)39-9-7-28(8-10-39)13-22(26(40)41)35-15-28/h1-6,11-12,14,16,22,25,35H,7-10,13,15H2,(H,40,41)(H2,33,37,38). The van der Waals surface area contributed by atoms with E-state index in [0.717, 1.165) is 22.0 Å². The van der Waals surface area contributed by atoms with Crippen LogP contribution in [0, 0.1) is 5.41 Å². The fourth-order valence-corrected chi connectivity index (χ4v) is 5.79. The van der Waals surface area contributed by atoms with Crippen LogP contribution in [0.25, 0.3) is 22.0 Å². The number of carboxylic acid groups (broad SMARTS) is 1. The molecule has 2 fully saturated rings. The molecule has 2 aliphatic rings. The van der Waals surface area contributed by atoms with Gasteiger partial charge in [-0.3, -0.25) is 4.79 Å². The van der Waals surface area contributed by atoms with Gasteiger partial charge in [-0.15, -0.1) is 0 Å². The summed E-state index contributed by atoms with van der Waals surface area (Å²) in [6.07, 6.45) is -1.90. The van der Waals surface area contributed by atoms with Gasteiger partial charge in [0.05, 0.1) is 5.52 Å². The lowest BCUT2D eigenvalue weighted by molar-refractivity contribution is -0.198. The number of carboxylic acids is 1. The number of fused-ring (bicyclic) bond motifs is 1. The number of aliphatic carboxylic acids is 1. The Kier molecular flexibility index (Phi) is 7.05. The summed E-state index contributed by atoms with van der Waals surface area (Å²) < 4.78 is 48.1. The Balaban J connectivity index is 1.19. The van der Waals surface area contributed by atoms with Crippen molar-refractivity contribution in [2.24, 2.45) is 5.41 Å². The van der Waals surface area contributed by atoms with Crippen LogP contribution >= 0.6 is 0 Å². The maximum atomic E-state index is 14.2. The minimum Gasteiger partial charge on any atom is -0.480 e. The van der Waals surface area contributed by atoms with Crippen LogP contribution in [0.4, 0.5) is 24.9 Å². The second kappa shape index (κ2) is 10.7. The first-order valence-corrected chi connectivity index (χ1v) is 13.5. The van der Waals surface area contributed by atoms with Gasteiger partial charge < -0.3 is 25.8 Å². The van der Waals surface area contributed by atoms with E-state index < -0.39 is 24.3 Å². The van der Waals surface area contributed by atoms with E-state index in [4.69, 9.17) is 10.5 Å². The number of nitrogens with two attached hydrogens (primary N) is 1. The number of nitrogens with one attached hydrogen (secondary N) is 1. The van der Waals surface area contributed by atoms with Crippen LogP contribution in [0.15, 0.2) is 61.1 Å². The van der Waals surface area contributed by atoms with Crippen molar-refractivity contribution in [1.82, 2.24) is 25.3 Å². The number of nitrogens with zero attached hydrogens (tertiary/aromatic N) is 5. The number of carbonyl (C=O) groups is 1. The van der Waals surface area contributed by atoms with Crippen LogP contribution in [0.2, 0.25) is 0 Å². The van der Waals surface area contributed by atoms with E-state index >= 15 is 0 Å². The maximum absolute atomic E-state index is 14.2. The predicted molar refractivity (Wildman–Crippen MR) is 149 cm³/mol. The fraction of sp³-hybridized carbons (Fsp3) is 0.345. The predicted octanol–water partition coefficient (Wildman–Crippen LogP) is 4.38. The Morgan fingerprint density at radius 2 is 1.83 bits per heavy atom. The highest BCUT2D eigenvalue weighted by Crippen LogP contribution is 2.41. The lowest BCUT2D eigenvalue weighted by atomic mass is 9.76. The Hall–Kier alpha value is -4.52. The molecule has 4 aromatic rings. The smallest absolute Gasteiger partial charge is 0.429 e. The molecule has 1 spiro atoms. The van der Waals surface area contributed by atoms with Gasteiger partial charge in [0.1, 0.15) is 18.2 Å². The number of anilines is 2. The van der Waals surface area contributed by atoms with Crippen LogP contribution in [0.3, 0.4) is 0 Å². The normalized spacial score (nSPS) is 19.2. The second-order valence-corrected chi connectivity index (χ2v) is 10.8. The molecule has 0 bridgehead atoms. The van der Waals surface area contributed by atoms with Crippen molar-refractivity contribution in [1.29, 1.82) is 0 Å². The van der Waals surface area contributed by atoms with Crippen molar-refractivity contribution in [2.45, 2.75) is 37.6 Å². The summed E-state index contributed by atoms with van der Waals surface area (Å²) in [6.45, 7) is 1.71. The molecule has 0 saturated carbocycles. The van der Waals surface area contributed by atoms with Gasteiger partial charge in [0.15, 0.2) is 0 Å². The van der Waals surface area contributed by atoms with Crippen LogP contribution < -0.4 is 20.7 Å². The number of alkyl halides is 3. The molecule has 0 aliphatic carbocycles. The van der Waals surface area contributed by atoms with Gasteiger partial charge in [-0.1, -0.05) is 30.3 Å². The van der Waals surface area contributed by atoms with Gasteiger partial charge in [0.25, 0.3) is 0 Å². The summed E-state index contributed by atoms with van der Waals surface area (Å²) in [6, 6.07) is 12.3. The van der Waals surface area contributed by atoms with Crippen molar-refractivity contribution in [3.8, 4) is 17.0 Å². The summed E-state index contributed by atoms with van der Waals surface area (Å²) in [5.41, 5.74) is 7.98. The highest BCUT2D eigenvalue weighted by atomic mass is 19.4. The van der Waals surface area contributed by atoms with E-state index in [1.54, 1.807) is 18.3 Å². The molecule has 13 heteroatoms. The van der Waals surface area contributed by atoms with E-state index in [0.29, 0.717) is 44.7 Å². The summed E-state index contributed by atoms with van der Waals surface area (Å²) >= 11 is 0. The summed E-state index contributed by atoms with van der Waals surface area (Å²) in [5, 5.41) is 13.2. The summed E-state index contributed by atoms with van der Waals surface area (Å²) in [4.78, 5) is 29.7. The number of hydrogen-bond donors (Lipinski definition) is 3. The topological polar surface area (TPSA) is 139 Å². The zero-order valence-electron chi connectivity index (χ0n) is 22.4. The molecular weight excluding hydrogens is 551 g/mol. The summed E-state index contributed by atoms with van der Waals surface area (Å²) in [5.74, 6) is -0.984. The quantitative estimate of drug-likeness (QED) is 0.301. The molecule has 2 unspecified atom stereocenters. The molecule has 2 saturated heterocycles. The maximum Gasteiger partial charge on any atom is 0.429 e. The van der Waals surface area contributed by atoms with Gasteiger partial charge >= 0.3 is 12.1 Å². The third kappa shape index (κ3) is 5.64. The third-order valence-electron chi connectivity index (χ3n) is 8.10. The minimum absolute atomic E-state index is 0.0873. The Bertz CT molecular complexity index is 1610. The molecular formula is C29H28F3N7O3. The van der Waals surface area contributed by atoms with Gasteiger partial charge in [-0.05, 0) is 47.9 Å². The largest absolute Gasteiger partial charge is 0.480 e. The van der Waals surface area contributed by atoms with Crippen molar-refractivity contribution in [3.63, 3.8) is 0 Å². The fourth-order valence-electron chi connectivity index (χ4n) is 5.79. The Morgan fingerprint density at radius 3 is 2.52 bits per heavy atom. The van der Waals surface area contributed by atoms with E-state index in [1.165, 1.54) is 24.5 Å². The first-order chi connectivity index (χ1) is 20.1. The van der Waals surface area contributed by atoms with Crippen molar-refractivity contribution in [3.05, 3.63) is 66.6 Å². The van der Waals surface area contributed by atoms with Crippen LogP contribution in [0.1, 0.15) is 30.9 Å². The molecule has 2 aromatic heterocycles. The number of piperidine rings is 1. The van der Waals surface area contributed by atoms with Crippen molar-refractivity contribution < 1.29 is 27.8 Å². The Morgan fingerprint density at radius 1 is 1.10 bits per heavy atom. The molecule has 4 heterocycles. The second-order valence-electron chi connectivity index (χ2n) is 10.8. The molecule has 4 N–H and O–H groups in total. The monoisotopic (exact) mass is 579 g/mol. The highest BCUT2D eigenvalue weighted by molar-refractivity contribution is 5.83. The van der Waals surface area contributed by atoms with Crippen molar-refractivity contribution >= 4 is 28.6 Å². The van der Waals surface area contributed by atoms with Gasteiger partial charge in [0, 0.05) is 42.8 Å². The van der Waals surface area contributed by atoms with E-state index in [2.05, 4.69) is 25.3 Å². The average Bonchev–Trinajstić information content (AvgIpc) is 3.39. The number of hydrogen-bond acceptors (Lipinski definition) is 9. The number of halogens is 3. The average molecular weight is 580 g/mol. The highest BCUT2D eigenvalue weighted by Gasteiger charge is 2.45. The molecule has 0 radical (unpaired) electrons. The molecule has 2 aromatic carbocycles. The van der Waals surface area contributed by atoms with Crippen molar-refractivity contribution in [2.75, 3.05) is 30.3 Å². The molecule has 0 amide bonds. The van der Waals surface area contributed by atoms with Crippen LogP contribution in [0.5, 0.6) is 5.88 Å². The van der Waals surface area contributed by atoms with E-state index in [-0.39, 0.29) is 22.8 Å². The zero-order valence-corrected chi connectivity index (χ0v) is 22.4. The van der Waals surface area contributed by atoms with E-state index in [1.807, 2.05) is 23.1 Å². The molecule has 10 nitrogen and oxygen atoms in total. The van der Waals surface area contributed by atoms with Crippen LogP contribution in [-0.2, 0) is 4.79 Å². The minimum atomic E-state index is -4.73. The molecule has 218 valence electrons. The number of rotatable bonds is 6. The molecule has 42 heavy (non-hydrogen) atoms. The van der Waals surface area contributed by atoms with E-state index in [9.17, 15) is 23.1 Å². The lowest BCUT2D eigenvalue weighted by Gasteiger charge is -2.39. The molecule has 6 rings (SSSR count). The number of ether oxygens (including phenoxy) is 1. The summed E-state index contributed by atoms with van der Waals surface area (Å²) in [7, 11) is 0. The number of nitrogen functional groups attached to an aromatic ring is 1. The number of aromatic nitrogens is 4. The first kappa shape index (κ1) is 27.6. The first-order valence-electron chi connectivity index (χ1n) is 13.5. The van der Waals surface area contributed by atoms with Gasteiger partial charge in [-0.25, -0.2) is 9.97 Å². The van der Waals surface area contributed by atoms with Gasteiger partial charge in [-0.2, -0.15) is 23.1 Å².